The van der Waals surface area contributed by atoms with Crippen LogP contribution in [0.25, 0.3) is 0 Å². The molecule has 0 saturated heterocycles. The van der Waals surface area contributed by atoms with Crippen molar-refractivity contribution < 1.29 is 28.6 Å². The molecule has 2 bridgehead atoms. The van der Waals surface area contributed by atoms with Gasteiger partial charge in [-0.1, -0.05) is 39.3 Å². The second kappa shape index (κ2) is 7.59. The van der Waals surface area contributed by atoms with Crippen molar-refractivity contribution in [2.75, 3.05) is 6.61 Å². The third-order valence-corrected chi connectivity index (χ3v) is 9.48. The number of rotatable bonds is 4. The zero-order chi connectivity index (χ0) is 23.5. The van der Waals surface area contributed by atoms with E-state index in [9.17, 15) is 14.4 Å². The molecule has 3 fully saturated rings. The number of esters is 3. The van der Waals surface area contributed by atoms with E-state index in [1.165, 1.54) is 20.8 Å². The van der Waals surface area contributed by atoms with Gasteiger partial charge in [0.25, 0.3) is 0 Å². The third kappa shape index (κ3) is 3.31. The summed E-state index contributed by atoms with van der Waals surface area (Å²) in [6, 6.07) is 0. The quantitative estimate of drug-likeness (QED) is 0.357. The SMILES string of the molecule is CC(=O)OC[C@@]1(C)CCC[C@]2(C)[C@@H]1C[C@H](OC(C)=O)[C@@]13C=C[C@@](C)(CC[C@@H]21)C3OC(C)=O. The maximum Gasteiger partial charge on any atom is 0.302 e. The van der Waals surface area contributed by atoms with Crippen molar-refractivity contribution in [1.82, 2.24) is 0 Å². The van der Waals surface area contributed by atoms with Crippen LogP contribution in [0, 0.1) is 33.5 Å². The fourth-order valence-corrected chi connectivity index (χ4v) is 8.30. The van der Waals surface area contributed by atoms with Gasteiger partial charge in [-0.25, -0.2) is 0 Å². The van der Waals surface area contributed by atoms with Crippen molar-refractivity contribution in [3.05, 3.63) is 12.2 Å². The highest BCUT2D eigenvalue weighted by atomic mass is 16.6. The van der Waals surface area contributed by atoms with Crippen LogP contribution in [-0.4, -0.2) is 36.7 Å². The number of carbonyl (C=O) groups excluding carboxylic acids is 3. The van der Waals surface area contributed by atoms with Gasteiger partial charge < -0.3 is 14.2 Å². The van der Waals surface area contributed by atoms with Crippen LogP contribution in [0.5, 0.6) is 0 Å². The van der Waals surface area contributed by atoms with Crippen molar-refractivity contribution in [3.8, 4) is 0 Å². The lowest BCUT2D eigenvalue weighted by Gasteiger charge is -2.67. The van der Waals surface area contributed by atoms with E-state index in [0.29, 0.717) is 13.0 Å². The maximum absolute atomic E-state index is 12.3. The molecule has 1 spiro atoms. The monoisotopic (exact) mass is 446 g/mol. The molecule has 0 aromatic rings. The van der Waals surface area contributed by atoms with E-state index in [4.69, 9.17) is 14.2 Å². The standard InChI is InChI=1S/C26H38O6/c1-16(27)30-15-24(5)9-7-10-25(6)19-8-11-23(4)12-13-26(19,22(23)32-18(3)29)21(14-20(24)25)31-17(2)28/h12-13,19-22H,7-11,14-15H2,1-6H3/t19-,20+,21-,22?,23+,24+,25-,26+/m0/s1. The summed E-state index contributed by atoms with van der Waals surface area (Å²) in [5, 5.41) is 0. The van der Waals surface area contributed by atoms with Gasteiger partial charge in [0.05, 0.1) is 12.0 Å². The van der Waals surface area contributed by atoms with Crippen LogP contribution in [0.1, 0.15) is 80.1 Å². The fourth-order valence-electron chi connectivity index (χ4n) is 8.30. The predicted molar refractivity (Wildman–Crippen MR) is 118 cm³/mol. The minimum atomic E-state index is -0.519. The molecule has 0 aromatic heterocycles. The molecular formula is C26H38O6. The van der Waals surface area contributed by atoms with Crippen molar-refractivity contribution in [3.63, 3.8) is 0 Å². The first kappa shape index (κ1) is 23.3. The van der Waals surface area contributed by atoms with Crippen LogP contribution in [-0.2, 0) is 28.6 Å². The normalized spacial score (nSPS) is 46.6. The first-order valence-corrected chi connectivity index (χ1v) is 12.1. The van der Waals surface area contributed by atoms with Gasteiger partial charge in [0, 0.05) is 31.6 Å². The highest BCUT2D eigenvalue weighted by Crippen LogP contribution is 2.72. The second-order valence-electron chi connectivity index (χ2n) is 11.6. The van der Waals surface area contributed by atoms with Gasteiger partial charge in [-0.15, -0.1) is 0 Å². The number of hydrogen-bond donors (Lipinski definition) is 0. The minimum absolute atomic E-state index is 0.0296. The largest absolute Gasteiger partial charge is 0.465 e. The number of fused-ring (bicyclic) bond motifs is 3. The summed E-state index contributed by atoms with van der Waals surface area (Å²) in [6.45, 7) is 11.5. The molecule has 1 unspecified atom stereocenters. The number of carbonyl (C=O) groups is 3. The lowest BCUT2D eigenvalue weighted by Crippen LogP contribution is -2.68. The number of hydrogen-bond acceptors (Lipinski definition) is 6. The molecule has 4 aliphatic rings. The minimum Gasteiger partial charge on any atom is -0.465 e. The fraction of sp³-hybridized carbons (Fsp3) is 0.808. The van der Waals surface area contributed by atoms with E-state index < -0.39 is 5.41 Å². The van der Waals surface area contributed by atoms with Gasteiger partial charge in [0.1, 0.15) is 12.2 Å². The summed E-state index contributed by atoms with van der Waals surface area (Å²) in [5.41, 5.74) is -0.981. The lowest BCUT2D eigenvalue weighted by molar-refractivity contribution is -0.248. The van der Waals surface area contributed by atoms with Gasteiger partial charge in [-0.2, -0.15) is 0 Å². The van der Waals surface area contributed by atoms with E-state index >= 15 is 0 Å². The average molecular weight is 447 g/mol. The smallest absolute Gasteiger partial charge is 0.302 e. The first-order valence-electron chi connectivity index (χ1n) is 12.1. The second-order valence-corrected chi connectivity index (χ2v) is 11.6. The predicted octanol–water partition coefficient (Wildman–Crippen LogP) is 4.60. The summed E-state index contributed by atoms with van der Waals surface area (Å²) in [4.78, 5) is 36.1. The topological polar surface area (TPSA) is 78.9 Å². The molecule has 178 valence electrons. The highest BCUT2D eigenvalue weighted by Gasteiger charge is 2.72. The molecule has 8 atom stereocenters. The molecule has 0 aliphatic heterocycles. The zero-order valence-corrected chi connectivity index (χ0v) is 20.4. The molecule has 6 heteroatoms. The summed E-state index contributed by atoms with van der Waals surface area (Å²) < 4.78 is 17.7. The van der Waals surface area contributed by atoms with Gasteiger partial charge >= 0.3 is 17.9 Å². The molecular weight excluding hydrogens is 408 g/mol. The van der Waals surface area contributed by atoms with Crippen LogP contribution < -0.4 is 0 Å². The lowest BCUT2D eigenvalue weighted by atomic mass is 9.39. The van der Waals surface area contributed by atoms with Crippen molar-refractivity contribution in [1.29, 1.82) is 0 Å². The van der Waals surface area contributed by atoms with Crippen LogP contribution >= 0.6 is 0 Å². The summed E-state index contributed by atoms with van der Waals surface area (Å²) >= 11 is 0. The molecule has 0 amide bonds. The number of ether oxygens (including phenoxy) is 3. The van der Waals surface area contributed by atoms with Crippen molar-refractivity contribution in [2.24, 2.45) is 33.5 Å². The Hall–Kier alpha value is -1.85. The Morgan fingerprint density at radius 3 is 2.19 bits per heavy atom. The van der Waals surface area contributed by atoms with E-state index in [2.05, 4.69) is 32.9 Å². The van der Waals surface area contributed by atoms with Gasteiger partial charge in [0.2, 0.25) is 0 Å². The van der Waals surface area contributed by atoms with Gasteiger partial charge in [-0.05, 0) is 49.4 Å². The third-order valence-electron chi connectivity index (χ3n) is 9.48. The first-order chi connectivity index (χ1) is 14.9. The van der Waals surface area contributed by atoms with E-state index in [0.717, 1.165) is 32.1 Å². The molecule has 4 rings (SSSR count). The van der Waals surface area contributed by atoms with Crippen molar-refractivity contribution in [2.45, 2.75) is 92.3 Å². The Morgan fingerprint density at radius 1 is 0.875 bits per heavy atom. The Labute approximate surface area is 191 Å². The molecule has 0 heterocycles. The van der Waals surface area contributed by atoms with Crippen molar-refractivity contribution >= 4 is 17.9 Å². The average Bonchev–Trinajstić information content (AvgIpc) is 2.84. The Morgan fingerprint density at radius 2 is 1.56 bits per heavy atom. The molecule has 32 heavy (non-hydrogen) atoms. The van der Waals surface area contributed by atoms with Gasteiger partial charge in [-0.3, -0.25) is 14.4 Å². The molecule has 4 aliphatic carbocycles. The van der Waals surface area contributed by atoms with E-state index in [1.54, 1.807) is 0 Å². The van der Waals surface area contributed by atoms with Gasteiger partial charge in [0.15, 0.2) is 0 Å². The Kier molecular flexibility index (Phi) is 5.53. The molecule has 0 aromatic carbocycles. The molecule has 0 radical (unpaired) electrons. The highest BCUT2D eigenvalue weighted by molar-refractivity contribution is 5.68. The summed E-state index contributed by atoms with van der Waals surface area (Å²) in [6.07, 6.45) is 9.46. The Balaban J connectivity index is 1.81. The molecule has 6 nitrogen and oxygen atoms in total. The summed E-state index contributed by atoms with van der Waals surface area (Å²) in [7, 11) is 0. The molecule has 3 saturated carbocycles. The van der Waals surface area contributed by atoms with Crippen LogP contribution in [0.4, 0.5) is 0 Å². The zero-order valence-electron chi connectivity index (χ0n) is 20.4. The van der Waals surface area contributed by atoms with E-state index in [-0.39, 0.29) is 58.2 Å². The Bertz CT molecular complexity index is 849. The van der Waals surface area contributed by atoms with Crippen LogP contribution in [0.3, 0.4) is 0 Å². The maximum atomic E-state index is 12.3. The van der Waals surface area contributed by atoms with Crippen LogP contribution in [0.15, 0.2) is 12.2 Å². The summed E-state index contributed by atoms with van der Waals surface area (Å²) in [5.74, 6) is -0.407. The van der Waals surface area contributed by atoms with Crippen LogP contribution in [0.2, 0.25) is 0 Å². The van der Waals surface area contributed by atoms with E-state index in [1.807, 2.05) is 0 Å². The molecule has 0 N–H and O–H groups in total.